The fourth-order valence-electron chi connectivity index (χ4n) is 1.77. The number of hydrogen-bond donors (Lipinski definition) is 1. The van der Waals surface area contributed by atoms with Crippen molar-refractivity contribution in [1.29, 1.82) is 0 Å². The standard InChI is InChI=1S/C16H16BrNO3/c1-11(21-15-9-4-3-8-14(15)20-2)16(19)18-13-7-5-6-12(17)10-13/h3-11H,1-2H3,(H,18,19)/t11-/m1/s1. The predicted octanol–water partition coefficient (Wildman–Crippen LogP) is 3.86. The number of methoxy groups -OCH3 is 1. The molecule has 2 rings (SSSR count). The summed E-state index contributed by atoms with van der Waals surface area (Å²) in [4.78, 5) is 12.1. The van der Waals surface area contributed by atoms with Gasteiger partial charge in [0.15, 0.2) is 17.6 Å². The molecule has 0 unspecified atom stereocenters. The summed E-state index contributed by atoms with van der Waals surface area (Å²) in [5.74, 6) is 0.913. The number of amides is 1. The molecule has 0 aliphatic heterocycles. The monoisotopic (exact) mass is 349 g/mol. The van der Waals surface area contributed by atoms with Crippen molar-refractivity contribution in [3.8, 4) is 11.5 Å². The predicted molar refractivity (Wildman–Crippen MR) is 85.9 cm³/mol. The van der Waals surface area contributed by atoms with E-state index in [9.17, 15) is 4.79 Å². The number of nitrogens with one attached hydrogen (secondary N) is 1. The Hall–Kier alpha value is -2.01. The lowest BCUT2D eigenvalue weighted by Crippen LogP contribution is -2.30. The number of carbonyl (C=O) groups is 1. The highest BCUT2D eigenvalue weighted by atomic mass is 79.9. The second kappa shape index (κ2) is 7.13. The van der Waals surface area contributed by atoms with Crippen LogP contribution in [0.4, 0.5) is 5.69 Å². The maximum atomic E-state index is 12.1. The summed E-state index contributed by atoms with van der Waals surface area (Å²) < 4.78 is 11.8. The van der Waals surface area contributed by atoms with Gasteiger partial charge in [0.2, 0.25) is 0 Å². The topological polar surface area (TPSA) is 47.6 Å². The van der Waals surface area contributed by atoms with E-state index in [0.717, 1.165) is 4.47 Å². The largest absolute Gasteiger partial charge is 0.493 e. The molecule has 21 heavy (non-hydrogen) atoms. The number of ether oxygens (including phenoxy) is 2. The summed E-state index contributed by atoms with van der Waals surface area (Å²) in [5, 5.41) is 2.81. The molecule has 1 N–H and O–H groups in total. The lowest BCUT2D eigenvalue weighted by atomic mass is 10.3. The lowest BCUT2D eigenvalue weighted by Gasteiger charge is -2.16. The fourth-order valence-corrected chi connectivity index (χ4v) is 2.17. The molecule has 0 heterocycles. The van der Waals surface area contributed by atoms with Gasteiger partial charge in [-0.3, -0.25) is 4.79 Å². The van der Waals surface area contributed by atoms with Gasteiger partial charge in [-0.25, -0.2) is 0 Å². The van der Waals surface area contributed by atoms with Crippen LogP contribution >= 0.6 is 15.9 Å². The first-order chi connectivity index (χ1) is 10.1. The molecular formula is C16H16BrNO3. The van der Waals surface area contributed by atoms with E-state index in [2.05, 4.69) is 21.2 Å². The van der Waals surface area contributed by atoms with E-state index in [0.29, 0.717) is 17.2 Å². The minimum atomic E-state index is -0.639. The Bertz CT molecular complexity index is 630. The average Bonchev–Trinajstić information content (AvgIpc) is 2.47. The highest BCUT2D eigenvalue weighted by Crippen LogP contribution is 2.27. The zero-order valence-electron chi connectivity index (χ0n) is 11.8. The molecule has 0 spiro atoms. The third-order valence-corrected chi connectivity index (χ3v) is 3.33. The van der Waals surface area contributed by atoms with Crippen LogP contribution in [-0.4, -0.2) is 19.1 Å². The summed E-state index contributed by atoms with van der Waals surface area (Å²) in [6.45, 7) is 1.69. The first kappa shape index (κ1) is 15.4. The summed E-state index contributed by atoms with van der Waals surface area (Å²) in [5.41, 5.74) is 0.713. The van der Waals surface area contributed by atoms with Crippen LogP contribution in [-0.2, 0) is 4.79 Å². The molecule has 0 radical (unpaired) electrons. The van der Waals surface area contributed by atoms with Crippen LogP contribution in [0.1, 0.15) is 6.92 Å². The Kier molecular flexibility index (Phi) is 5.22. The number of carbonyl (C=O) groups excluding carboxylic acids is 1. The van der Waals surface area contributed by atoms with Gasteiger partial charge in [-0.05, 0) is 37.3 Å². The Balaban J connectivity index is 2.02. The maximum absolute atomic E-state index is 12.1. The van der Waals surface area contributed by atoms with Gasteiger partial charge in [-0.15, -0.1) is 0 Å². The average molecular weight is 350 g/mol. The molecule has 0 aliphatic carbocycles. The summed E-state index contributed by atoms with van der Waals surface area (Å²) in [6, 6.07) is 14.6. The van der Waals surface area contributed by atoms with Gasteiger partial charge in [0, 0.05) is 10.2 Å². The van der Waals surface area contributed by atoms with Crippen LogP contribution in [0, 0.1) is 0 Å². The molecule has 0 aliphatic rings. The molecule has 1 atom stereocenters. The molecule has 5 heteroatoms. The maximum Gasteiger partial charge on any atom is 0.265 e. The second-order valence-corrected chi connectivity index (χ2v) is 5.33. The van der Waals surface area contributed by atoms with Gasteiger partial charge in [0.05, 0.1) is 7.11 Å². The van der Waals surface area contributed by atoms with E-state index >= 15 is 0 Å². The third kappa shape index (κ3) is 4.23. The number of benzene rings is 2. The van der Waals surface area contributed by atoms with Gasteiger partial charge in [-0.1, -0.05) is 34.1 Å². The number of hydrogen-bond acceptors (Lipinski definition) is 3. The van der Waals surface area contributed by atoms with E-state index in [1.165, 1.54) is 0 Å². The minimum Gasteiger partial charge on any atom is -0.493 e. The van der Waals surface area contributed by atoms with Gasteiger partial charge in [0.1, 0.15) is 0 Å². The molecule has 0 aromatic heterocycles. The normalized spacial score (nSPS) is 11.6. The molecule has 2 aromatic rings. The van der Waals surface area contributed by atoms with Crippen molar-refractivity contribution in [3.05, 3.63) is 53.0 Å². The van der Waals surface area contributed by atoms with Gasteiger partial charge in [0.25, 0.3) is 5.91 Å². The highest BCUT2D eigenvalue weighted by Gasteiger charge is 2.16. The lowest BCUT2D eigenvalue weighted by molar-refractivity contribution is -0.122. The van der Waals surface area contributed by atoms with Crippen LogP contribution in [0.25, 0.3) is 0 Å². The van der Waals surface area contributed by atoms with Crippen molar-refractivity contribution in [1.82, 2.24) is 0 Å². The van der Waals surface area contributed by atoms with Crippen LogP contribution < -0.4 is 14.8 Å². The van der Waals surface area contributed by atoms with E-state index in [-0.39, 0.29) is 5.91 Å². The molecule has 1 amide bonds. The minimum absolute atomic E-state index is 0.223. The molecule has 0 saturated heterocycles. The first-order valence-electron chi connectivity index (χ1n) is 6.46. The van der Waals surface area contributed by atoms with E-state index in [1.807, 2.05) is 36.4 Å². The summed E-state index contributed by atoms with van der Waals surface area (Å²) >= 11 is 3.36. The van der Waals surface area contributed by atoms with Crippen LogP contribution in [0.2, 0.25) is 0 Å². The van der Waals surface area contributed by atoms with Crippen molar-refractivity contribution in [3.63, 3.8) is 0 Å². The summed E-state index contributed by atoms with van der Waals surface area (Å²) in [6.07, 6.45) is -0.639. The molecule has 4 nitrogen and oxygen atoms in total. The molecule has 2 aromatic carbocycles. The molecular weight excluding hydrogens is 334 g/mol. The van der Waals surface area contributed by atoms with Crippen molar-refractivity contribution in [2.75, 3.05) is 12.4 Å². The SMILES string of the molecule is COc1ccccc1O[C@H](C)C(=O)Nc1cccc(Br)c1. The zero-order valence-corrected chi connectivity index (χ0v) is 13.4. The number of para-hydroxylation sites is 2. The van der Waals surface area contributed by atoms with E-state index in [4.69, 9.17) is 9.47 Å². The van der Waals surface area contributed by atoms with Crippen LogP contribution in [0.15, 0.2) is 53.0 Å². The van der Waals surface area contributed by atoms with Crippen LogP contribution in [0.3, 0.4) is 0 Å². The van der Waals surface area contributed by atoms with Crippen molar-refractivity contribution in [2.24, 2.45) is 0 Å². The van der Waals surface area contributed by atoms with Crippen molar-refractivity contribution < 1.29 is 14.3 Å². The quantitative estimate of drug-likeness (QED) is 0.891. The van der Waals surface area contributed by atoms with E-state index in [1.54, 1.807) is 26.2 Å². The second-order valence-electron chi connectivity index (χ2n) is 4.41. The Morgan fingerprint density at radius 2 is 1.86 bits per heavy atom. The fraction of sp³-hybridized carbons (Fsp3) is 0.188. The summed E-state index contributed by atoms with van der Waals surface area (Å²) in [7, 11) is 1.56. The molecule has 0 bridgehead atoms. The Labute approximate surface area is 132 Å². The molecule has 0 fully saturated rings. The van der Waals surface area contributed by atoms with Crippen molar-refractivity contribution in [2.45, 2.75) is 13.0 Å². The Morgan fingerprint density at radius 3 is 2.52 bits per heavy atom. The first-order valence-corrected chi connectivity index (χ1v) is 7.25. The molecule has 0 saturated carbocycles. The van der Waals surface area contributed by atoms with Gasteiger partial charge >= 0.3 is 0 Å². The smallest absolute Gasteiger partial charge is 0.265 e. The number of rotatable bonds is 5. The number of halogens is 1. The van der Waals surface area contributed by atoms with Gasteiger partial charge in [-0.2, -0.15) is 0 Å². The Morgan fingerprint density at radius 1 is 1.14 bits per heavy atom. The third-order valence-electron chi connectivity index (χ3n) is 2.83. The van der Waals surface area contributed by atoms with Crippen molar-refractivity contribution >= 4 is 27.5 Å². The zero-order chi connectivity index (χ0) is 15.2. The molecule has 110 valence electrons. The van der Waals surface area contributed by atoms with Gasteiger partial charge < -0.3 is 14.8 Å². The number of anilines is 1. The highest BCUT2D eigenvalue weighted by molar-refractivity contribution is 9.10. The van der Waals surface area contributed by atoms with Crippen LogP contribution in [0.5, 0.6) is 11.5 Å². The van der Waals surface area contributed by atoms with E-state index < -0.39 is 6.10 Å².